The number of aromatic nitrogens is 1. The van der Waals surface area contributed by atoms with Crippen LogP contribution in [0.4, 0.5) is 4.79 Å². The Balaban J connectivity index is 1.89. The third kappa shape index (κ3) is 3.10. The minimum atomic E-state index is -0.881. The van der Waals surface area contributed by atoms with Gasteiger partial charge in [-0.15, -0.1) is 0 Å². The van der Waals surface area contributed by atoms with Crippen LogP contribution in [-0.2, 0) is 6.61 Å². The van der Waals surface area contributed by atoms with Gasteiger partial charge in [-0.2, -0.15) is 0 Å². The number of nitrogens with zero attached hydrogens (tertiary/aromatic N) is 2. The van der Waals surface area contributed by atoms with Crippen molar-refractivity contribution in [1.29, 1.82) is 0 Å². The van der Waals surface area contributed by atoms with Crippen molar-refractivity contribution in [3.63, 3.8) is 0 Å². The van der Waals surface area contributed by atoms with E-state index in [9.17, 15) is 4.79 Å². The van der Waals surface area contributed by atoms with Gasteiger partial charge in [-0.25, -0.2) is 9.78 Å². The van der Waals surface area contributed by atoms with E-state index in [1.165, 1.54) is 4.90 Å². The minimum absolute atomic E-state index is 0.0120. The van der Waals surface area contributed by atoms with Crippen LogP contribution in [0.25, 0.3) is 0 Å². The zero-order valence-electron chi connectivity index (χ0n) is 9.95. The molecule has 2 rings (SSSR count). The summed E-state index contributed by atoms with van der Waals surface area (Å²) < 4.78 is 5.68. The summed E-state index contributed by atoms with van der Waals surface area (Å²) in [5.74, 6) is 0.482. The van der Waals surface area contributed by atoms with Crippen LogP contribution in [0.15, 0.2) is 18.2 Å². The average molecular weight is 252 g/mol. The quantitative estimate of drug-likeness (QED) is 0.841. The van der Waals surface area contributed by atoms with E-state index < -0.39 is 6.09 Å². The lowest BCUT2D eigenvalue weighted by molar-refractivity contribution is 0.0867. The SMILES string of the molecule is O=C(O)N1CCC(Oc2cccc(CO)n2)CC1. The largest absolute Gasteiger partial charge is 0.474 e. The first kappa shape index (κ1) is 12.6. The zero-order chi connectivity index (χ0) is 13.0. The molecule has 1 amide bonds. The molecule has 0 atom stereocenters. The summed E-state index contributed by atoms with van der Waals surface area (Å²) in [4.78, 5) is 16.3. The Morgan fingerprint density at radius 2 is 2.17 bits per heavy atom. The first-order valence-corrected chi connectivity index (χ1v) is 5.90. The molecule has 0 aliphatic carbocycles. The minimum Gasteiger partial charge on any atom is -0.474 e. The Morgan fingerprint density at radius 1 is 1.44 bits per heavy atom. The number of aliphatic hydroxyl groups is 1. The first-order chi connectivity index (χ1) is 8.69. The third-order valence-corrected chi connectivity index (χ3v) is 2.94. The van der Waals surface area contributed by atoms with Gasteiger partial charge in [-0.1, -0.05) is 6.07 Å². The first-order valence-electron chi connectivity index (χ1n) is 5.90. The van der Waals surface area contributed by atoms with Gasteiger partial charge in [-0.3, -0.25) is 0 Å². The van der Waals surface area contributed by atoms with Gasteiger partial charge in [0.1, 0.15) is 6.10 Å². The number of hydrogen-bond donors (Lipinski definition) is 2. The molecule has 1 aromatic heterocycles. The van der Waals surface area contributed by atoms with Gasteiger partial charge in [0.15, 0.2) is 0 Å². The molecule has 0 spiro atoms. The molecule has 1 aliphatic rings. The fraction of sp³-hybridized carbons (Fsp3) is 0.500. The number of ether oxygens (including phenoxy) is 1. The van der Waals surface area contributed by atoms with Gasteiger partial charge in [0, 0.05) is 32.0 Å². The van der Waals surface area contributed by atoms with E-state index in [0.29, 0.717) is 37.5 Å². The summed E-state index contributed by atoms with van der Waals surface area (Å²) in [7, 11) is 0. The standard InChI is InChI=1S/C12H16N2O4/c15-8-9-2-1-3-11(13-9)18-10-4-6-14(7-5-10)12(16)17/h1-3,10,15H,4-8H2,(H,16,17). The van der Waals surface area contributed by atoms with Crippen molar-refractivity contribution in [2.75, 3.05) is 13.1 Å². The summed E-state index contributed by atoms with van der Waals surface area (Å²) >= 11 is 0. The predicted molar refractivity (Wildman–Crippen MR) is 63.4 cm³/mol. The molecule has 0 bridgehead atoms. The van der Waals surface area contributed by atoms with Gasteiger partial charge in [0.25, 0.3) is 0 Å². The molecule has 6 heteroatoms. The molecule has 0 unspecified atom stereocenters. The second-order valence-corrected chi connectivity index (χ2v) is 4.21. The maximum atomic E-state index is 10.7. The van der Waals surface area contributed by atoms with Crippen LogP contribution in [0.1, 0.15) is 18.5 Å². The second-order valence-electron chi connectivity index (χ2n) is 4.21. The molecular weight excluding hydrogens is 236 g/mol. The molecule has 2 heterocycles. The number of amides is 1. The summed E-state index contributed by atoms with van der Waals surface area (Å²) in [6, 6.07) is 5.24. The fourth-order valence-corrected chi connectivity index (χ4v) is 1.95. The molecular formula is C12H16N2O4. The molecule has 0 aromatic carbocycles. The molecule has 1 aromatic rings. The van der Waals surface area contributed by atoms with Gasteiger partial charge in [0.2, 0.25) is 5.88 Å². The van der Waals surface area contributed by atoms with Gasteiger partial charge >= 0.3 is 6.09 Å². The normalized spacial score (nSPS) is 16.6. The van der Waals surface area contributed by atoms with Crippen molar-refractivity contribution in [3.05, 3.63) is 23.9 Å². The van der Waals surface area contributed by atoms with Crippen LogP contribution >= 0.6 is 0 Å². The van der Waals surface area contributed by atoms with Crippen LogP contribution in [0.5, 0.6) is 5.88 Å². The number of carbonyl (C=O) groups is 1. The van der Waals surface area contributed by atoms with Crippen LogP contribution in [-0.4, -0.2) is 45.4 Å². The van der Waals surface area contributed by atoms with E-state index >= 15 is 0 Å². The number of pyridine rings is 1. The van der Waals surface area contributed by atoms with Crippen molar-refractivity contribution in [1.82, 2.24) is 9.88 Å². The van der Waals surface area contributed by atoms with Crippen LogP contribution in [0.3, 0.4) is 0 Å². The van der Waals surface area contributed by atoms with Crippen LogP contribution in [0, 0.1) is 0 Å². The maximum Gasteiger partial charge on any atom is 0.407 e. The van der Waals surface area contributed by atoms with E-state index in [1.54, 1.807) is 18.2 Å². The average Bonchev–Trinajstić information content (AvgIpc) is 2.39. The Bertz CT molecular complexity index is 416. The molecule has 0 radical (unpaired) electrons. The number of likely N-dealkylation sites (tertiary alicyclic amines) is 1. The number of hydrogen-bond acceptors (Lipinski definition) is 4. The fourth-order valence-electron chi connectivity index (χ4n) is 1.95. The molecule has 98 valence electrons. The summed E-state index contributed by atoms with van der Waals surface area (Å²) in [6.07, 6.45) is 0.435. The monoisotopic (exact) mass is 252 g/mol. The molecule has 0 saturated carbocycles. The highest BCUT2D eigenvalue weighted by molar-refractivity contribution is 5.65. The Morgan fingerprint density at radius 3 is 2.78 bits per heavy atom. The van der Waals surface area contributed by atoms with E-state index in [2.05, 4.69) is 4.98 Å². The number of piperidine rings is 1. The summed E-state index contributed by atoms with van der Waals surface area (Å²) in [6.45, 7) is 0.855. The van der Waals surface area contributed by atoms with E-state index in [-0.39, 0.29) is 12.7 Å². The lowest BCUT2D eigenvalue weighted by Crippen LogP contribution is -2.41. The third-order valence-electron chi connectivity index (χ3n) is 2.94. The summed E-state index contributed by atoms with van der Waals surface area (Å²) in [5.41, 5.74) is 0.565. The highest BCUT2D eigenvalue weighted by Gasteiger charge is 2.23. The van der Waals surface area contributed by atoms with Crippen molar-refractivity contribution >= 4 is 6.09 Å². The molecule has 2 N–H and O–H groups in total. The van der Waals surface area contributed by atoms with Crippen molar-refractivity contribution in [2.24, 2.45) is 0 Å². The molecule has 6 nitrogen and oxygen atoms in total. The van der Waals surface area contributed by atoms with Gasteiger partial charge < -0.3 is 19.8 Å². The van der Waals surface area contributed by atoms with Gasteiger partial charge in [0.05, 0.1) is 12.3 Å². The maximum absolute atomic E-state index is 10.7. The predicted octanol–water partition coefficient (Wildman–Crippen LogP) is 1.10. The molecule has 1 aliphatic heterocycles. The summed E-state index contributed by atoms with van der Waals surface area (Å²) in [5, 5.41) is 17.8. The lowest BCUT2D eigenvalue weighted by atomic mass is 10.1. The Labute approximate surface area is 105 Å². The van der Waals surface area contributed by atoms with Crippen molar-refractivity contribution in [3.8, 4) is 5.88 Å². The molecule has 18 heavy (non-hydrogen) atoms. The molecule has 1 fully saturated rings. The molecule has 1 saturated heterocycles. The zero-order valence-corrected chi connectivity index (χ0v) is 9.95. The van der Waals surface area contributed by atoms with Crippen LogP contribution in [0.2, 0.25) is 0 Å². The highest BCUT2D eigenvalue weighted by Crippen LogP contribution is 2.17. The number of aliphatic hydroxyl groups excluding tert-OH is 1. The lowest BCUT2D eigenvalue weighted by Gasteiger charge is -2.29. The van der Waals surface area contributed by atoms with Gasteiger partial charge in [-0.05, 0) is 6.07 Å². The van der Waals surface area contributed by atoms with E-state index in [4.69, 9.17) is 14.9 Å². The Hall–Kier alpha value is -1.82. The number of carboxylic acid groups (broad SMARTS) is 1. The van der Waals surface area contributed by atoms with E-state index in [0.717, 1.165) is 0 Å². The van der Waals surface area contributed by atoms with Crippen molar-refractivity contribution < 1.29 is 19.7 Å². The second kappa shape index (κ2) is 5.68. The highest BCUT2D eigenvalue weighted by atomic mass is 16.5. The Kier molecular flexibility index (Phi) is 3.99. The topological polar surface area (TPSA) is 82.9 Å². The van der Waals surface area contributed by atoms with Crippen molar-refractivity contribution in [2.45, 2.75) is 25.6 Å². The number of rotatable bonds is 3. The van der Waals surface area contributed by atoms with E-state index in [1.807, 2.05) is 0 Å². The van der Waals surface area contributed by atoms with Crippen LogP contribution < -0.4 is 4.74 Å². The smallest absolute Gasteiger partial charge is 0.407 e.